The fourth-order valence-electron chi connectivity index (χ4n) is 16.1. The zero-order chi connectivity index (χ0) is 54.7. The molecule has 22 heteroatoms. The maximum atomic E-state index is 15.1. The van der Waals surface area contributed by atoms with Gasteiger partial charge in [0.05, 0.1) is 37.9 Å². The molecular formula is C53H86O22. The highest BCUT2D eigenvalue weighted by molar-refractivity contribution is 5.79. The lowest BCUT2D eigenvalue weighted by Gasteiger charge is -2.71. The van der Waals surface area contributed by atoms with Crippen LogP contribution in [-0.2, 0) is 42.7 Å². The van der Waals surface area contributed by atoms with Crippen molar-refractivity contribution in [3.05, 3.63) is 11.6 Å². The first-order valence-corrected chi connectivity index (χ1v) is 27.2. The molecule has 9 aliphatic rings. The Hall–Kier alpha value is -1.59. The molecule has 4 saturated heterocycles. The van der Waals surface area contributed by atoms with Gasteiger partial charge in [0.1, 0.15) is 91.6 Å². The van der Waals surface area contributed by atoms with Crippen molar-refractivity contribution in [2.24, 2.45) is 50.2 Å². The van der Waals surface area contributed by atoms with Crippen LogP contribution in [0, 0.1) is 50.2 Å². The monoisotopic (exact) mass is 1070 g/mol. The Balaban J connectivity index is 0.920. The second kappa shape index (κ2) is 21.1. The van der Waals surface area contributed by atoms with Gasteiger partial charge in [-0.15, -0.1) is 0 Å². The SMILES string of the molecule is CC1(C)CCC2(C(=O)OC3OC(COC4OC(CO)C(O)C(O)C4O)C(O)C(O)C3O)CCC3(C)C(=CCC4C5(C)CCC(OC6OCC(O)C(O)C6OC6OC(CO)C(O)C(O)C6O)C(C)(C)C5CCC43C)C2C1. The predicted molar refractivity (Wildman–Crippen MR) is 257 cm³/mol. The van der Waals surface area contributed by atoms with E-state index in [9.17, 15) is 66.4 Å². The maximum Gasteiger partial charge on any atom is 0.315 e. The Morgan fingerprint density at radius 2 is 1.17 bits per heavy atom. The molecule has 0 aromatic rings. The smallest absolute Gasteiger partial charge is 0.315 e. The summed E-state index contributed by atoms with van der Waals surface area (Å²) < 4.78 is 47.6. The van der Waals surface area contributed by atoms with E-state index in [0.717, 1.165) is 32.1 Å². The van der Waals surface area contributed by atoms with Crippen LogP contribution >= 0.6 is 0 Å². The summed E-state index contributed by atoms with van der Waals surface area (Å²) in [6, 6.07) is 0. The third-order valence-electron chi connectivity index (χ3n) is 21.0. The third-order valence-corrected chi connectivity index (χ3v) is 21.0. The van der Waals surface area contributed by atoms with Crippen LogP contribution in [0.15, 0.2) is 11.6 Å². The lowest BCUT2D eigenvalue weighted by molar-refractivity contribution is -0.367. The normalized spacial score (nSPS) is 53.5. The molecule has 4 heterocycles. The van der Waals surface area contributed by atoms with E-state index in [-0.39, 0.29) is 46.0 Å². The minimum Gasteiger partial charge on any atom is -0.432 e. The molecule has 4 saturated carbocycles. The van der Waals surface area contributed by atoms with Crippen LogP contribution in [0.1, 0.15) is 113 Å². The summed E-state index contributed by atoms with van der Waals surface area (Å²) in [6.07, 6.45) is -20.8. The molecule has 4 aliphatic heterocycles. The zero-order valence-corrected chi connectivity index (χ0v) is 44.2. The van der Waals surface area contributed by atoms with Gasteiger partial charge in [0, 0.05) is 0 Å². The molecule has 0 aromatic heterocycles. The minimum absolute atomic E-state index is 0.125. The Labute approximate surface area is 437 Å². The number of rotatable bonds is 11. The molecule has 5 aliphatic carbocycles. The van der Waals surface area contributed by atoms with Crippen LogP contribution in [0.5, 0.6) is 0 Å². The van der Waals surface area contributed by atoms with Gasteiger partial charge in [-0.1, -0.05) is 60.1 Å². The number of aliphatic hydroxyl groups excluding tert-OH is 13. The van der Waals surface area contributed by atoms with Crippen LogP contribution in [0.4, 0.5) is 0 Å². The van der Waals surface area contributed by atoms with Gasteiger partial charge in [0.25, 0.3) is 0 Å². The first-order chi connectivity index (χ1) is 35.1. The van der Waals surface area contributed by atoms with Crippen LogP contribution in [0.2, 0.25) is 0 Å². The van der Waals surface area contributed by atoms with Crippen molar-refractivity contribution in [3.8, 4) is 0 Å². The summed E-state index contributed by atoms with van der Waals surface area (Å²) >= 11 is 0. The van der Waals surface area contributed by atoms with Crippen LogP contribution in [0.3, 0.4) is 0 Å². The minimum atomic E-state index is -1.83. The number of carbonyl (C=O) groups excluding carboxylic acids is 1. The van der Waals surface area contributed by atoms with E-state index in [0.29, 0.717) is 32.1 Å². The van der Waals surface area contributed by atoms with Crippen molar-refractivity contribution in [2.75, 3.05) is 26.4 Å². The average Bonchev–Trinajstić information content (AvgIpc) is 3.36. The summed E-state index contributed by atoms with van der Waals surface area (Å²) in [5.41, 5.74) is -1.01. The second-order valence-electron chi connectivity index (χ2n) is 25.9. The molecule has 27 unspecified atom stereocenters. The molecule has 0 bridgehead atoms. The van der Waals surface area contributed by atoms with Gasteiger partial charge in [0.2, 0.25) is 6.29 Å². The lowest BCUT2D eigenvalue weighted by atomic mass is 9.33. The molecule has 9 rings (SSSR count). The zero-order valence-electron chi connectivity index (χ0n) is 44.2. The first-order valence-electron chi connectivity index (χ1n) is 27.2. The van der Waals surface area contributed by atoms with Crippen LogP contribution in [0.25, 0.3) is 0 Å². The molecule has 13 N–H and O–H groups in total. The van der Waals surface area contributed by atoms with Crippen molar-refractivity contribution in [3.63, 3.8) is 0 Å². The Morgan fingerprint density at radius 3 is 1.81 bits per heavy atom. The molecule has 22 nitrogen and oxygen atoms in total. The van der Waals surface area contributed by atoms with Gasteiger partial charge in [-0.05, 0) is 109 Å². The third kappa shape index (κ3) is 9.60. The van der Waals surface area contributed by atoms with Gasteiger partial charge in [-0.3, -0.25) is 4.79 Å². The standard InChI is InChI=1S/C53H86O22/c1-48(2)14-16-53(47(67)75-45-41(66)38(63)35(60)28(72-45)22-69-43-39(64)36(61)33(58)26(19-54)70-43)17-15-51(6)23(24(53)18-48)8-9-30-50(5)12-11-31(49(3,4)29(50)10-13-52(30,51)7)73-46-42(32(57)25(56)21-68-46)74-44-40(65)37(62)34(59)27(20-55)71-44/h8,24-46,54-66H,9-22H2,1-7H3. The number of fused-ring (bicyclic) bond motifs is 7. The average molecular weight is 1080 g/mol. The van der Waals surface area contributed by atoms with E-state index in [1.807, 2.05) is 0 Å². The summed E-state index contributed by atoms with van der Waals surface area (Å²) in [4.78, 5) is 15.1. The van der Waals surface area contributed by atoms with E-state index in [2.05, 4.69) is 54.5 Å². The number of esters is 1. The molecule has 0 radical (unpaired) electrons. The largest absolute Gasteiger partial charge is 0.432 e. The van der Waals surface area contributed by atoms with Crippen molar-refractivity contribution < 1.29 is 109 Å². The van der Waals surface area contributed by atoms with Gasteiger partial charge in [-0.2, -0.15) is 0 Å². The summed E-state index contributed by atoms with van der Waals surface area (Å²) in [6.45, 7) is 13.8. The molecular weight excluding hydrogens is 989 g/mol. The Bertz CT molecular complexity index is 2060. The topological polar surface area (TPSA) is 354 Å². The summed E-state index contributed by atoms with van der Waals surface area (Å²) in [7, 11) is 0. The maximum absolute atomic E-state index is 15.1. The molecule has 0 aromatic carbocycles. The summed E-state index contributed by atoms with van der Waals surface area (Å²) in [5, 5.41) is 137. The quantitative estimate of drug-likeness (QED) is 0.0643. The number of aliphatic hydroxyl groups is 13. The van der Waals surface area contributed by atoms with Gasteiger partial charge < -0.3 is 104 Å². The van der Waals surface area contributed by atoms with Crippen LogP contribution in [-0.4, -0.2) is 222 Å². The highest BCUT2D eigenvalue weighted by atomic mass is 16.8. The highest BCUT2D eigenvalue weighted by Crippen LogP contribution is 2.76. The van der Waals surface area contributed by atoms with E-state index in [1.165, 1.54) is 5.57 Å². The van der Waals surface area contributed by atoms with E-state index >= 15 is 4.79 Å². The number of hydrogen-bond acceptors (Lipinski definition) is 22. The molecule has 75 heavy (non-hydrogen) atoms. The molecule has 430 valence electrons. The van der Waals surface area contributed by atoms with E-state index in [4.69, 9.17) is 37.9 Å². The van der Waals surface area contributed by atoms with E-state index < -0.39 is 159 Å². The fraction of sp³-hybridized carbons (Fsp3) is 0.943. The predicted octanol–water partition coefficient (Wildman–Crippen LogP) is -1.40. The number of carbonyl (C=O) groups is 1. The van der Waals surface area contributed by atoms with Crippen molar-refractivity contribution in [1.82, 2.24) is 0 Å². The number of allylic oxidation sites excluding steroid dienone is 2. The van der Waals surface area contributed by atoms with Crippen molar-refractivity contribution in [1.29, 1.82) is 0 Å². The molecule has 0 amide bonds. The van der Waals surface area contributed by atoms with Crippen molar-refractivity contribution in [2.45, 2.75) is 235 Å². The number of ether oxygens (including phenoxy) is 8. The lowest BCUT2D eigenvalue weighted by Crippen LogP contribution is -2.66. The fourth-order valence-corrected chi connectivity index (χ4v) is 16.1. The van der Waals surface area contributed by atoms with Gasteiger partial charge >= 0.3 is 5.97 Å². The molecule has 8 fully saturated rings. The number of hydrogen-bond donors (Lipinski definition) is 13. The first kappa shape index (κ1) is 58.1. The molecule has 0 spiro atoms. The Morgan fingerprint density at radius 1 is 0.600 bits per heavy atom. The highest BCUT2D eigenvalue weighted by Gasteiger charge is 2.70. The Kier molecular flexibility index (Phi) is 16.3. The van der Waals surface area contributed by atoms with Crippen molar-refractivity contribution >= 4 is 5.97 Å². The van der Waals surface area contributed by atoms with Gasteiger partial charge in [-0.25, -0.2) is 0 Å². The van der Waals surface area contributed by atoms with Gasteiger partial charge in [0.15, 0.2) is 18.9 Å². The second-order valence-corrected chi connectivity index (χ2v) is 25.9. The van der Waals surface area contributed by atoms with Crippen LogP contribution < -0.4 is 0 Å². The summed E-state index contributed by atoms with van der Waals surface area (Å²) in [5.74, 6) is -0.391. The molecule has 27 atom stereocenters. The van der Waals surface area contributed by atoms with E-state index in [1.54, 1.807) is 0 Å².